The molecule has 0 aliphatic carbocycles. The van der Waals surface area contributed by atoms with Gasteiger partial charge in [-0.2, -0.15) is 0 Å². The number of hydrogen-bond acceptors (Lipinski definition) is 2. The molecule has 1 aromatic heterocycles. The molecule has 1 amide bonds. The van der Waals surface area contributed by atoms with Crippen LogP contribution >= 0.6 is 0 Å². The molecular formula is C19H21FN2O. The summed E-state index contributed by atoms with van der Waals surface area (Å²) in [6.07, 6.45) is 7.86. The van der Waals surface area contributed by atoms with E-state index in [0.29, 0.717) is 6.42 Å². The first-order valence-electron chi connectivity index (χ1n) is 8.18. The monoisotopic (exact) mass is 312 g/mol. The molecule has 1 aromatic carbocycles. The second kappa shape index (κ2) is 7.36. The molecule has 120 valence electrons. The highest BCUT2D eigenvalue weighted by Gasteiger charge is 2.26. The molecule has 3 nitrogen and oxygen atoms in total. The fourth-order valence-corrected chi connectivity index (χ4v) is 3.25. The van der Waals surface area contributed by atoms with Crippen LogP contribution in [0.25, 0.3) is 0 Å². The molecule has 1 saturated heterocycles. The van der Waals surface area contributed by atoms with Crippen molar-refractivity contribution in [2.45, 2.75) is 38.1 Å². The van der Waals surface area contributed by atoms with Gasteiger partial charge in [-0.15, -0.1) is 0 Å². The van der Waals surface area contributed by atoms with E-state index in [0.717, 1.165) is 43.4 Å². The number of carbonyl (C=O) groups excluding carboxylic acids is 1. The molecule has 2 heterocycles. The molecule has 0 spiro atoms. The average molecular weight is 312 g/mol. The predicted octanol–water partition coefficient (Wildman–Crippen LogP) is 3.91. The van der Waals surface area contributed by atoms with E-state index in [1.807, 2.05) is 23.1 Å². The van der Waals surface area contributed by atoms with Crippen LogP contribution in [0.5, 0.6) is 0 Å². The van der Waals surface area contributed by atoms with Gasteiger partial charge in [-0.1, -0.05) is 31.0 Å². The van der Waals surface area contributed by atoms with Crippen LogP contribution in [0.15, 0.2) is 48.8 Å². The van der Waals surface area contributed by atoms with E-state index in [9.17, 15) is 9.18 Å². The molecule has 1 aliphatic heterocycles. The van der Waals surface area contributed by atoms with Gasteiger partial charge in [0.15, 0.2) is 0 Å². The molecule has 1 atom stereocenters. The zero-order chi connectivity index (χ0) is 16.1. The first-order chi connectivity index (χ1) is 11.2. The first kappa shape index (κ1) is 15.7. The van der Waals surface area contributed by atoms with Gasteiger partial charge >= 0.3 is 0 Å². The van der Waals surface area contributed by atoms with Crippen molar-refractivity contribution >= 4 is 5.91 Å². The van der Waals surface area contributed by atoms with Crippen molar-refractivity contribution in [2.24, 2.45) is 0 Å². The van der Waals surface area contributed by atoms with Gasteiger partial charge < -0.3 is 4.90 Å². The molecule has 1 aliphatic rings. The van der Waals surface area contributed by atoms with E-state index >= 15 is 0 Å². The highest BCUT2D eigenvalue weighted by atomic mass is 19.1. The van der Waals surface area contributed by atoms with E-state index in [4.69, 9.17) is 0 Å². The van der Waals surface area contributed by atoms with Crippen LogP contribution in [-0.4, -0.2) is 22.3 Å². The Kier molecular flexibility index (Phi) is 5.01. The van der Waals surface area contributed by atoms with Crippen LogP contribution in [-0.2, 0) is 11.2 Å². The maximum atomic E-state index is 13.6. The van der Waals surface area contributed by atoms with Gasteiger partial charge in [-0.3, -0.25) is 9.78 Å². The number of aromatic nitrogens is 1. The van der Waals surface area contributed by atoms with E-state index < -0.39 is 0 Å². The summed E-state index contributed by atoms with van der Waals surface area (Å²) < 4.78 is 13.6. The molecule has 1 fully saturated rings. The summed E-state index contributed by atoms with van der Waals surface area (Å²) in [7, 11) is 0. The molecule has 0 unspecified atom stereocenters. The van der Waals surface area contributed by atoms with Crippen LogP contribution in [0.2, 0.25) is 0 Å². The number of rotatable bonds is 3. The SMILES string of the molecule is O=C(Cc1cccnc1)N1CCCCC[C@@H]1c1cccc(F)c1. The third kappa shape index (κ3) is 3.95. The Bertz CT molecular complexity index is 659. The average Bonchev–Trinajstić information content (AvgIpc) is 2.82. The Morgan fingerprint density at radius 1 is 1.22 bits per heavy atom. The largest absolute Gasteiger partial charge is 0.335 e. The smallest absolute Gasteiger partial charge is 0.227 e. The Hall–Kier alpha value is -2.23. The second-order valence-corrected chi connectivity index (χ2v) is 6.05. The minimum atomic E-state index is -0.244. The van der Waals surface area contributed by atoms with Crippen molar-refractivity contribution in [3.8, 4) is 0 Å². The van der Waals surface area contributed by atoms with Crippen LogP contribution in [0.4, 0.5) is 4.39 Å². The van der Waals surface area contributed by atoms with Gasteiger partial charge in [0.1, 0.15) is 5.82 Å². The van der Waals surface area contributed by atoms with Crippen molar-refractivity contribution in [1.29, 1.82) is 0 Å². The lowest BCUT2D eigenvalue weighted by Crippen LogP contribution is -2.36. The summed E-state index contributed by atoms with van der Waals surface area (Å²) in [5.74, 6) is -0.152. The maximum Gasteiger partial charge on any atom is 0.227 e. The first-order valence-corrected chi connectivity index (χ1v) is 8.18. The quantitative estimate of drug-likeness (QED) is 0.861. The van der Waals surface area contributed by atoms with Gasteiger partial charge in [-0.25, -0.2) is 4.39 Å². The lowest BCUT2D eigenvalue weighted by molar-refractivity contribution is -0.132. The number of amides is 1. The van der Waals surface area contributed by atoms with E-state index in [1.165, 1.54) is 6.07 Å². The fourth-order valence-electron chi connectivity index (χ4n) is 3.25. The lowest BCUT2D eigenvalue weighted by atomic mass is 10.00. The summed E-state index contributed by atoms with van der Waals surface area (Å²) in [5.41, 5.74) is 1.81. The second-order valence-electron chi connectivity index (χ2n) is 6.05. The normalized spacial score (nSPS) is 18.5. The zero-order valence-electron chi connectivity index (χ0n) is 13.1. The van der Waals surface area contributed by atoms with Gasteiger partial charge in [0.2, 0.25) is 5.91 Å². The molecule has 23 heavy (non-hydrogen) atoms. The van der Waals surface area contributed by atoms with Crippen molar-refractivity contribution in [1.82, 2.24) is 9.88 Å². The van der Waals surface area contributed by atoms with Gasteiger partial charge in [0, 0.05) is 18.9 Å². The third-order valence-electron chi connectivity index (χ3n) is 4.38. The minimum absolute atomic E-state index is 0.0302. The molecule has 4 heteroatoms. The summed E-state index contributed by atoms with van der Waals surface area (Å²) >= 11 is 0. The van der Waals surface area contributed by atoms with Crippen LogP contribution in [0.1, 0.15) is 42.9 Å². The summed E-state index contributed by atoms with van der Waals surface area (Å²) in [6.45, 7) is 0.736. The number of pyridine rings is 1. The van der Waals surface area contributed by atoms with Crippen molar-refractivity contribution < 1.29 is 9.18 Å². The molecule has 0 bridgehead atoms. The number of carbonyl (C=O) groups is 1. The van der Waals surface area contributed by atoms with E-state index in [-0.39, 0.29) is 17.8 Å². The molecular weight excluding hydrogens is 291 g/mol. The molecule has 0 radical (unpaired) electrons. The zero-order valence-corrected chi connectivity index (χ0v) is 13.1. The van der Waals surface area contributed by atoms with Gasteiger partial charge in [-0.05, 0) is 42.2 Å². The Morgan fingerprint density at radius 2 is 2.13 bits per heavy atom. The summed E-state index contributed by atoms with van der Waals surface area (Å²) in [4.78, 5) is 18.8. The standard InChI is InChI=1S/C19H21FN2O/c20-17-8-4-7-16(13-17)18-9-2-1-3-11-22(18)19(23)12-15-6-5-10-21-14-15/h4-8,10,13-14,18H,1-3,9,11-12H2/t18-/m1/s1. The van der Waals surface area contributed by atoms with Crippen molar-refractivity contribution in [2.75, 3.05) is 6.54 Å². The number of hydrogen-bond donors (Lipinski definition) is 0. The topological polar surface area (TPSA) is 33.2 Å². The highest BCUT2D eigenvalue weighted by molar-refractivity contribution is 5.79. The fraction of sp³-hybridized carbons (Fsp3) is 0.368. The summed E-state index contributed by atoms with van der Waals surface area (Å²) in [5, 5.41) is 0. The van der Waals surface area contributed by atoms with Crippen LogP contribution in [0.3, 0.4) is 0 Å². The molecule has 2 aromatic rings. The number of benzene rings is 1. The number of halogens is 1. The van der Waals surface area contributed by atoms with Gasteiger partial charge in [0.05, 0.1) is 12.5 Å². The minimum Gasteiger partial charge on any atom is -0.335 e. The number of likely N-dealkylation sites (tertiary alicyclic amines) is 1. The predicted molar refractivity (Wildman–Crippen MR) is 87.3 cm³/mol. The molecule has 3 rings (SSSR count). The van der Waals surface area contributed by atoms with Crippen molar-refractivity contribution in [3.63, 3.8) is 0 Å². The van der Waals surface area contributed by atoms with E-state index in [2.05, 4.69) is 4.98 Å². The highest BCUT2D eigenvalue weighted by Crippen LogP contribution is 2.31. The van der Waals surface area contributed by atoms with Crippen LogP contribution in [0, 0.1) is 5.82 Å². The summed E-state index contributed by atoms with van der Waals surface area (Å²) in [6, 6.07) is 10.4. The maximum absolute atomic E-state index is 13.6. The number of nitrogens with zero attached hydrogens (tertiary/aromatic N) is 2. The Labute approximate surface area is 136 Å². The van der Waals surface area contributed by atoms with Gasteiger partial charge in [0.25, 0.3) is 0 Å². The molecule has 0 N–H and O–H groups in total. The lowest BCUT2D eigenvalue weighted by Gasteiger charge is -2.30. The Balaban J connectivity index is 1.82. The molecule has 0 saturated carbocycles. The third-order valence-corrected chi connectivity index (χ3v) is 4.38. The van der Waals surface area contributed by atoms with Crippen molar-refractivity contribution in [3.05, 3.63) is 65.7 Å². The van der Waals surface area contributed by atoms with Crippen LogP contribution < -0.4 is 0 Å². The Morgan fingerprint density at radius 3 is 2.91 bits per heavy atom. The van der Waals surface area contributed by atoms with E-state index in [1.54, 1.807) is 24.5 Å².